The molecule has 0 saturated carbocycles. The largest absolute Gasteiger partial charge is 0.508 e. The molecule has 0 bridgehead atoms. The van der Waals surface area contributed by atoms with Crippen molar-refractivity contribution in [3.63, 3.8) is 0 Å². The molecule has 1 rings (SSSR count). The van der Waals surface area contributed by atoms with Crippen molar-refractivity contribution in [3.8, 4) is 5.75 Å². The Labute approximate surface area is 114 Å². The molecule has 0 aliphatic rings. The number of carbonyl (C=O) groups excluding carboxylic acids is 1. The molecule has 0 spiro atoms. The van der Waals surface area contributed by atoms with Crippen molar-refractivity contribution in [2.24, 2.45) is 0 Å². The number of amides is 1. The zero-order chi connectivity index (χ0) is 15.5. The molecule has 0 aliphatic carbocycles. The molecule has 1 aromatic carbocycles. The van der Waals surface area contributed by atoms with E-state index in [-0.39, 0.29) is 16.8 Å². The molecule has 0 fully saturated rings. The lowest BCUT2D eigenvalue weighted by Gasteiger charge is -2.28. The van der Waals surface area contributed by atoms with Gasteiger partial charge in [0.15, 0.2) is 0 Å². The Morgan fingerprint density at radius 1 is 1.25 bits per heavy atom. The van der Waals surface area contributed by atoms with Gasteiger partial charge in [-0.3, -0.25) is 4.79 Å². The summed E-state index contributed by atoms with van der Waals surface area (Å²) in [6.07, 6.45) is -0.291. The standard InChI is InChI=1S/C11H14NO7P/c1-7(13)12(20(17,18)19)10(11(15)16)6-8-2-4-9(14)5-3-8/h2-5,10,14H,6H2,1H3,(H,15,16)(H2,17,18,19). The van der Waals surface area contributed by atoms with Crippen molar-refractivity contribution >= 4 is 19.6 Å². The Morgan fingerprint density at radius 2 is 1.75 bits per heavy atom. The molecule has 1 atom stereocenters. The Hall–Kier alpha value is -1.89. The summed E-state index contributed by atoms with van der Waals surface area (Å²) in [5.74, 6) is -2.60. The van der Waals surface area contributed by atoms with Crippen LogP contribution in [0, 0.1) is 0 Å². The summed E-state index contributed by atoms with van der Waals surface area (Å²) in [6.45, 7) is 0.881. The van der Waals surface area contributed by atoms with E-state index in [4.69, 9.17) is 20.0 Å². The highest BCUT2D eigenvalue weighted by Crippen LogP contribution is 2.42. The van der Waals surface area contributed by atoms with Gasteiger partial charge in [0.25, 0.3) is 0 Å². The fourth-order valence-electron chi connectivity index (χ4n) is 1.72. The van der Waals surface area contributed by atoms with Gasteiger partial charge in [-0.1, -0.05) is 12.1 Å². The van der Waals surface area contributed by atoms with E-state index in [1.165, 1.54) is 24.3 Å². The molecule has 8 nitrogen and oxygen atoms in total. The van der Waals surface area contributed by atoms with E-state index in [1.807, 2.05) is 0 Å². The summed E-state index contributed by atoms with van der Waals surface area (Å²) in [5, 5.41) is 18.2. The van der Waals surface area contributed by atoms with E-state index in [1.54, 1.807) is 0 Å². The molecule has 0 saturated heterocycles. The van der Waals surface area contributed by atoms with E-state index >= 15 is 0 Å². The number of hydrogen-bond acceptors (Lipinski definition) is 4. The minimum Gasteiger partial charge on any atom is -0.508 e. The van der Waals surface area contributed by atoms with Crippen LogP contribution >= 0.6 is 7.75 Å². The predicted octanol–water partition coefficient (Wildman–Crippen LogP) is 0.329. The predicted molar refractivity (Wildman–Crippen MR) is 67.8 cm³/mol. The number of carboxylic acids is 1. The van der Waals surface area contributed by atoms with E-state index in [0.29, 0.717) is 5.56 Å². The Morgan fingerprint density at radius 3 is 2.10 bits per heavy atom. The Bertz CT molecular complexity index is 550. The lowest BCUT2D eigenvalue weighted by Crippen LogP contribution is -2.43. The van der Waals surface area contributed by atoms with Crippen LogP contribution in [0.5, 0.6) is 5.75 Å². The molecular formula is C11H14NO7P. The van der Waals surface area contributed by atoms with Gasteiger partial charge in [0, 0.05) is 13.3 Å². The number of nitrogens with zero attached hydrogens (tertiary/aromatic N) is 1. The Kier molecular flexibility index (Phi) is 4.88. The maximum Gasteiger partial charge on any atom is 0.433 e. The average molecular weight is 303 g/mol. The third-order valence-corrected chi connectivity index (χ3v) is 3.67. The molecule has 0 aromatic heterocycles. The maximum atomic E-state index is 11.3. The molecule has 0 radical (unpaired) electrons. The van der Waals surface area contributed by atoms with Gasteiger partial charge in [-0.05, 0) is 17.7 Å². The first-order valence-electron chi connectivity index (χ1n) is 5.49. The number of phenolic OH excluding ortho intramolecular Hbond substituents is 1. The van der Waals surface area contributed by atoms with Crippen LogP contribution in [0.4, 0.5) is 0 Å². The highest BCUT2D eigenvalue weighted by Gasteiger charge is 2.39. The van der Waals surface area contributed by atoms with Crippen LogP contribution in [0.15, 0.2) is 24.3 Å². The van der Waals surface area contributed by atoms with Crippen molar-refractivity contribution in [2.75, 3.05) is 0 Å². The number of hydrogen-bond donors (Lipinski definition) is 4. The number of rotatable bonds is 5. The lowest BCUT2D eigenvalue weighted by molar-refractivity contribution is -0.146. The molecule has 20 heavy (non-hydrogen) atoms. The second-order valence-corrected chi connectivity index (χ2v) is 5.56. The SMILES string of the molecule is CC(=O)N(C(Cc1ccc(O)cc1)C(=O)O)P(=O)(O)O. The third kappa shape index (κ3) is 4.06. The molecule has 1 aromatic rings. The maximum absolute atomic E-state index is 11.3. The van der Waals surface area contributed by atoms with Gasteiger partial charge in [-0.15, -0.1) is 0 Å². The zero-order valence-electron chi connectivity index (χ0n) is 10.5. The van der Waals surface area contributed by atoms with E-state index in [0.717, 1.165) is 6.92 Å². The molecule has 1 unspecified atom stereocenters. The van der Waals surface area contributed by atoms with Crippen LogP contribution in [-0.2, 0) is 20.6 Å². The smallest absolute Gasteiger partial charge is 0.433 e. The van der Waals surface area contributed by atoms with Crippen LogP contribution in [-0.4, -0.2) is 42.6 Å². The quantitative estimate of drug-likeness (QED) is 0.575. The number of aliphatic carboxylic acids is 1. The van der Waals surface area contributed by atoms with Crippen LogP contribution in [0.3, 0.4) is 0 Å². The summed E-state index contributed by atoms with van der Waals surface area (Å²) < 4.78 is 11.3. The number of aromatic hydroxyl groups is 1. The molecule has 9 heteroatoms. The minimum absolute atomic E-state index is 0.0287. The molecule has 1 amide bonds. The first-order valence-corrected chi connectivity index (χ1v) is 7.06. The monoisotopic (exact) mass is 303 g/mol. The van der Waals surface area contributed by atoms with Crippen molar-refractivity contribution < 1.29 is 34.2 Å². The topological polar surface area (TPSA) is 135 Å². The van der Waals surface area contributed by atoms with Gasteiger partial charge >= 0.3 is 13.7 Å². The van der Waals surface area contributed by atoms with Gasteiger partial charge in [-0.2, -0.15) is 0 Å². The van der Waals surface area contributed by atoms with Gasteiger partial charge in [0.05, 0.1) is 0 Å². The fourth-order valence-corrected chi connectivity index (χ4v) is 2.63. The zero-order valence-corrected chi connectivity index (χ0v) is 11.4. The van der Waals surface area contributed by atoms with Crippen LogP contribution < -0.4 is 0 Å². The number of carboxylic acid groups (broad SMARTS) is 1. The number of carbonyl (C=O) groups is 2. The van der Waals surface area contributed by atoms with E-state index in [2.05, 4.69) is 0 Å². The molecule has 110 valence electrons. The third-order valence-electron chi connectivity index (χ3n) is 2.55. The lowest BCUT2D eigenvalue weighted by atomic mass is 10.1. The number of benzene rings is 1. The molecular weight excluding hydrogens is 289 g/mol. The number of phenols is 1. The first kappa shape index (κ1) is 16.2. The second-order valence-electron chi connectivity index (χ2n) is 4.10. The summed E-state index contributed by atoms with van der Waals surface area (Å²) in [6, 6.07) is 3.73. The average Bonchev–Trinajstić information content (AvgIpc) is 2.28. The van der Waals surface area contributed by atoms with Crippen LogP contribution in [0.25, 0.3) is 0 Å². The second kappa shape index (κ2) is 6.04. The van der Waals surface area contributed by atoms with Gasteiger partial charge in [-0.25, -0.2) is 14.0 Å². The van der Waals surface area contributed by atoms with Crippen molar-refractivity contribution in [2.45, 2.75) is 19.4 Å². The fraction of sp³-hybridized carbons (Fsp3) is 0.273. The Balaban J connectivity index is 3.10. The van der Waals surface area contributed by atoms with Crippen molar-refractivity contribution in [3.05, 3.63) is 29.8 Å². The van der Waals surface area contributed by atoms with Gasteiger partial charge < -0.3 is 20.0 Å². The summed E-state index contributed by atoms with van der Waals surface area (Å²) in [7, 11) is -5.03. The molecule has 0 heterocycles. The van der Waals surface area contributed by atoms with Crippen molar-refractivity contribution in [1.29, 1.82) is 0 Å². The summed E-state index contributed by atoms with van der Waals surface area (Å²) >= 11 is 0. The van der Waals surface area contributed by atoms with E-state index < -0.39 is 25.7 Å². The van der Waals surface area contributed by atoms with E-state index in [9.17, 15) is 14.2 Å². The van der Waals surface area contributed by atoms with Gasteiger partial charge in [0.1, 0.15) is 11.8 Å². The van der Waals surface area contributed by atoms with Gasteiger partial charge in [0.2, 0.25) is 5.91 Å². The summed E-state index contributed by atoms with van der Waals surface area (Å²) in [5.41, 5.74) is 0.412. The van der Waals surface area contributed by atoms with Crippen LogP contribution in [0.1, 0.15) is 12.5 Å². The van der Waals surface area contributed by atoms with Crippen LogP contribution in [0.2, 0.25) is 0 Å². The van der Waals surface area contributed by atoms with Crippen molar-refractivity contribution in [1.82, 2.24) is 4.67 Å². The molecule has 4 N–H and O–H groups in total. The summed E-state index contributed by atoms with van der Waals surface area (Å²) in [4.78, 5) is 40.7. The molecule has 0 aliphatic heterocycles. The highest BCUT2D eigenvalue weighted by molar-refractivity contribution is 7.50. The minimum atomic E-state index is -5.03. The highest BCUT2D eigenvalue weighted by atomic mass is 31.2. The first-order chi connectivity index (χ1) is 9.12. The normalized spacial score (nSPS) is 12.8.